The molecule has 214 valence electrons. The van der Waals surface area contributed by atoms with E-state index in [0.717, 1.165) is 16.0 Å². The third-order valence-electron chi connectivity index (χ3n) is 5.97. The second-order valence-electron chi connectivity index (χ2n) is 9.07. The molecule has 3 aromatic carbocycles. The molecule has 0 unspecified atom stereocenters. The van der Waals surface area contributed by atoms with E-state index in [0.29, 0.717) is 5.69 Å². The molecule has 3 aromatic rings. The van der Waals surface area contributed by atoms with Gasteiger partial charge in [0, 0.05) is 12.1 Å². The number of carbonyl (C=O) groups excluding carboxylic acids is 4. The van der Waals surface area contributed by atoms with E-state index in [1.807, 2.05) is 12.1 Å². The lowest BCUT2D eigenvalue weighted by atomic mass is 10.0. The summed E-state index contributed by atoms with van der Waals surface area (Å²) in [6.45, 7) is 0.499. The Balaban J connectivity index is 1.52. The van der Waals surface area contributed by atoms with Crippen molar-refractivity contribution in [3.8, 4) is 0 Å². The zero-order valence-corrected chi connectivity index (χ0v) is 22.5. The van der Waals surface area contributed by atoms with Crippen LogP contribution in [0.25, 0.3) is 0 Å². The van der Waals surface area contributed by atoms with Crippen molar-refractivity contribution in [1.82, 2.24) is 16.0 Å². The van der Waals surface area contributed by atoms with E-state index in [2.05, 4.69) is 16.0 Å². The lowest BCUT2D eigenvalue weighted by molar-refractivity contribution is -0.140. The van der Waals surface area contributed by atoms with Crippen LogP contribution in [0, 0.1) is 0 Å². The molecule has 0 aliphatic heterocycles. The van der Waals surface area contributed by atoms with Gasteiger partial charge in [-0.2, -0.15) is 0 Å². The predicted octanol–water partition coefficient (Wildman–Crippen LogP) is 2.26. The normalized spacial score (nSPS) is 11.8. The summed E-state index contributed by atoms with van der Waals surface area (Å²) in [7, 11) is 0. The molecule has 0 radical (unpaired) electrons. The molecule has 11 heteroatoms. The van der Waals surface area contributed by atoms with Gasteiger partial charge in [-0.15, -0.1) is 0 Å². The number of para-hydroxylation sites is 1. The summed E-state index contributed by atoms with van der Waals surface area (Å²) in [6.07, 6.45) is -0.740. The fraction of sp³-hybridized carbons (Fsp3) is 0.233. The second kappa shape index (κ2) is 15.4. The van der Waals surface area contributed by atoms with Crippen molar-refractivity contribution in [1.29, 1.82) is 0 Å². The van der Waals surface area contributed by atoms with Gasteiger partial charge in [-0.1, -0.05) is 78.9 Å². The van der Waals surface area contributed by atoms with Gasteiger partial charge in [-0.25, -0.2) is 9.59 Å². The maximum absolute atomic E-state index is 13.2. The Morgan fingerprint density at radius 2 is 1.34 bits per heavy atom. The number of carbonyl (C=O) groups is 5. The van der Waals surface area contributed by atoms with E-state index in [1.165, 1.54) is 6.92 Å². The summed E-state index contributed by atoms with van der Waals surface area (Å²) in [5.74, 6) is -3.15. The minimum atomic E-state index is -1.22. The van der Waals surface area contributed by atoms with Crippen LogP contribution in [0.4, 0.5) is 10.5 Å². The number of nitrogens with one attached hydrogen (secondary N) is 3. The minimum absolute atomic E-state index is 0.0333. The molecule has 2 atom stereocenters. The Bertz CT molecular complexity index is 1320. The fourth-order valence-corrected chi connectivity index (χ4v) is 3.86. The van der Waals surface area contributed by atoms with Crippen LogP contribution in [0.1, 0.15) is 18.1 Å². The second-order valence-corrected chi connectivity index (χ2v) is 9.07. The zero-order chi connectivity index (χ0) is 29.6. The molecule has 0 heterocycles. The number of nitrogens with zero attached hydrogens (tertiary/aromatic N) is 1. The monoisotopic (exact) mass is 560 g/mol. The Morgan fingerprint density at radius 3 is 1.93 bits per heavy atom. The molecule has 0 aliphatic rings. The summed E-state index contributed by atoms with van der Waals surface area (Å²) in [5.41, 5.74) is 1.88. The topological polar surface area (TPSA) is 154 Å². The van der Waals surface area contributed by atoms with Crippen molar-refractivity contribution in [2.45, 2.75) is 32.0 Å². The molecule has 4 amide bonds. The molecule has 0 bridgehead atoms. The van der Waals surface area contributed by atoms with Crippen LogP contribution < -0.4 is 20.9 Å². The van der Waals surface area contributed by atoms with Crippen LogP contribution in [-0.2, 0) is 36.9 Å². The van der Waals surface area contributed by atoms with Gasteiger partial charge in [0.05, 0.1) is 13.1 Å². The highest BCUT2D eigenvalue weighted by molar-refractivity contribution is 6.01. The van der Waals surface area contributed by atoms with Crippen molar-refractivity contribution < 1.29 is 33.8 Å². The van der Waals surface area contributed by atoms with Crippen LogP contribution in [0.2, 0.25) is 0 Å². The van der Waals surface area contributed by atoms with Gasteiger partial charge in [0.15, 0.2) is 0 Å². The summed E-state index contributed by atoms with van der Waals surface area (Å²) in [6, 6.07) is 24.0. The number of alkyl carbamates (subject to hydrolysis) is 1. The van der Waals surface area contributed by atoms with E-state index in [4.69, 9.17) is 4.74 Å². The number of hydrogen-bond acceptors (Lipinski definition) is 6. The van der Waals surface area contributed by atoms with E-state index in [9.17, 15) is 29.1 Å². The standard InChI is InChI=1S/C30H32N4O7/c1-21(33-30(40)41-20-23-13-7-3-8-14-23)28(37)32-18-26(35)31-19-27(36)34(24-15-9-4-10-16-24)25(29(38)39)17-22-11-5-2-6-12-22/h2-16,21,25H,17-20H2,1H3,(H,31,35)(H,32,37)(H,33,40)(H,38,39)/t21-,25-/m0/s1. The molecule has 4 N–H and O–H groups in total. The molecule has 3 rings (SSSR count). The van der Waals surface area contributed by atoms with Gasteiger partial charge < -0.3 is 25.8 Å². The van der Waals surface area contributed by atoms with Crippen LogP contribution in [0.15, 0.2) is 91.0 Å². The Kier molecular flexibility index (Phi) is 11.4. The zero-order valence-electron chi connectivity index (χ0n) is 22.5. The maximum Gasteiger partial charge on any atom is 0.408 e. The lowest BCUT2D eigenvalue weighted by Gasteiger charge is -2.29. The molecule has 0 fully saturated rings. The number of amides is 4. The minimum Gasteiger partial charge on any atom is -0.480 e. The maximum atomic E-state index is 13.2. The highest BCUT2D eigenvalue weighted by Gasteiger charge is 2.31. The summed E-state index contributed by atoms with van der Waals surface area (Å²) in [5, 5.41) is 17.1. The molecule has 0 spiro atoms. The molecule has 41 heavy (non-hydrogen) atoms. The third kappa shape index (κ3) is 9.81. The van der Waals surface area contributed by atoms with Crippen molar-refractivity contribution in [2.75, 3.05) is 18.0 Å². The average Bonchev–Trinajstić information content (AvgIpc) is 2.99. The highest BCUT2D eigenvalue weighted by atomic mass is 16.5. The molecule has 0 saturated carbocycles. The number of benzene rings is 3. The smallest absolute Gasteiger partial charge is 0.408 e. The summed E-state index contributed by atoms with van der Waals surface area (Å²) >= 11 is 0. The number of hydrogen-bond donors (Lipinski definition) is 4. The number of aliphatic carboxylic acids is 1. The van der Waals surface area contributed by atoms with E-state index >= 15 is 0 Å². The largest absolute Gasteiger partial charge is 0.480 e. The first-order chi connectivity index (χ1) is 19.7. The average molecular weight is 561 g/mol. The number of carboxylic acid groups (broad SMARTS) is 1. The Morgan fingerprint density at radius 1 is 0.780 bits per heavy atom. The van der Waals surface area contributed by atoms with Crippen LogP contribution in [0.3, 0.4) is 0 Å². The van der Waals surface area contributed by atoms with Crippen molar-refractivity contribution >= 4 is 35.5 Å². The van der Waals surface area contributed by atoms with Gasteiger partial charge in [-0.3, -0.25) is 19.3 Å². The van der Waals surface area contributed by atoms with E-state index in [-0.39, 0.29) is 13.0 Å². The van der Waals surface area contributed by atoms with E-state index in [1.54, 1.807) is 78.9 Å². The SMILES string of the molecule is C[C@H](NC(=O)OCc1ccccc1)C(=O)NCC(=O)NCC(=O)N(c1ccccc1)[C@@H](Cc1ccccc1)C(=O)O. The van der Waals surface area contributed by atoms with Crippen LogP contribution in [0.5, 0.6) is 0 Å². The highest BCUT2D eigenvalue weighted by Crippen LogP contribution is 2.20. The number of rotatable bonds is 13. The molecule has 0 aromatic heterocycles. The van der Waals surface area contributed by atoms with Crippen molar-refractivity contribution in [3.63, 3.8) is 0 Å². The van der Waals surface area contributed by atoms with Gasteiger partial charge >= 0.3 is 12.1 Å². The number of ether oxygens (including phenoxy) is 1. The van der Waals surface area contributed by atoms with Gasteiger partial charge in [-0.05, 0) is 30.2 Å². The summed E-state index contributed by atoms with van der Waals surface area (Å²) < 4.78 is 5.08. The molecular formula is C30H32N4O7. The number of carboxylic acids is 1. The quantitative estimate of drug-likeness (QED) is 0.250. The van der Waals surface area contributed by atoms with Gasteiger partial charge in [0.25, 0.3) is 0 Å². The van der Waals surface area contributed by atoms with Crippen molar-refractivity contribution in [3.05, 3.63) is 102 Å². The molecule has 0 saturated heterocycles. The fourth-order valence-electron chi connectivity index (χ4n) is 3.86. The van der Waals surface area contributed by atoms with Crippen LogP contribution in [-0.4, -0.2) is 60.1 Å². The molecule has 0 aliphatic carbocycles. The predicted molar refractivity (Wildman–Crippen MR) is 151 cm³/mol. The molecular weight excluding hydrogens is 528 g/mol. The first kappa shape index (κ1) is 30.4. The number of anilines is 1. The van der Waals surface area contributed by atoms with Crippen LogP contribution >= 0.6 is 0 Å². The van der Waals surface area contributed by atoms with E-state index < -0.39 is 55.0 Å². The Labute approximate surface area is 237 Å². The van der Waals surface area contributed by atoms with Gasteiger partial charge in [0.2, 0.25) is 17.7 Å². The first-order valence-electron chi connectivity index (χ1n) is 12.9. The van der Waals surface area contributed by atoms with Gasteiger partial charge in [0.1, 0.15) is 18.7 Å². The first-order valence-corrected chi connectivity index (χ1v) is 12.9. The Hall–Kier alpha value is -5.19. The van der Waals surface area contributed by atoms with Crippen molar-refractivity contribution in [2.24, 2.45) is 0 Å². The third-order valence-corrected chi connectivity index (χ3v) is 5.97. The summed E-state index contributed by atoms with van der Waals surface area (Å²) in [4.78, 5) is 63.3. The lowest BCUT2D eigenvalue weighted by Crippen LogP contribution is -2.51. The molecule has 11 nitrogen and oxygen atoms in total.